The van der Waals surface area contributed by atoms with Crippen molar-refractivity contribution >= 4 is 35.3 Å². The van der Waals surface area contributed by atoms with Crippen molar-refractivity contribution in [1.82, 2.24) is 0 Å². The summed E-state index contributed by atoms with van der Waals surface area (Å²) in [7, 11) is 1.33. The summed E-state index contributed by atoms with van der Waals surface area (Å²) in [6, 6.07) is 4.87. The molecule has 2 rings (SSSR count). The van der Waals surface area contributed by atoms with Gasteiger partial charge in [-0.05, 0) is 18.6 Å². The Morgan fingerprint density at radius 2 is 1.75 bits per heavy atom. The molecule has 0 bridgehead atoms. The molecule has 1 aliphatic rings. The van der Waals surface area contributed by atoms with Crippen LogP contribution in [-0.2, 0) is 43.9 Å². The predicted molar refractivity (Wildman–Crippen MR) is 112 cm³/mol. The first-order chi connectivity index (χ1) is 15.0. The molecule has 0 radical (unpaired) electrons. The van der Waals surface area contributed by atoms with Gasteiger partial charge in [0.05, 0.1) is 12.0 Å². The maximum absolute atomic E-state index is 12.3. The highest BCUT2D eigenvalue weighted by atomic mass is 35.5. The van der Waals surface area contributed by atoms with Gasteiger partial charge in [0.25, 0.3) is 0 Å². The number of hydrogen-bond acceptors (Lipinski definition) is 9. The lowest BCUT2D eigenvalue weighted by Crippen LogP contribution is -2.60. The van der Waals surface area contributed by atoms with E-state index < -0.39 is 42.0 Å². The summed E-state index contributed by atoms with van der Waals surface area (Å²) in [5, 5.41) is 0. The topological polar surface area (TPSA) is 114 Å². The number of rotatable bonds is 8. The monoisotopic (exact) mass is 470 g/mol. The van der Waals surface area contributed by atoms with Gasteiger partial charge in [0, 0.05) is 45.4 Å². The van der Waals surface area contributed by atoms with Crippen molar-refractivity contribution < 1.29 is 42.9 Å². The van der Waals surface area contributed by atoms with E-state index in [0.29, 0.717) is 16.7 Å². The van der Waals surface area contributed by atoms with E-state index in [0.717, 1.165) is 0 Å². The highest BCUT2D eigenvalue weighted by Gasteiger charge is 2.56. The molecule has 0 saturated carbocycles. The second-order valence-corrected chi connectivity index (χ2v) is 7.68. The van der Waals surface area contributed by atoms with E-state index in [1.165, 1.54) is 27.9 Å². The van der Waals surface area contributed by atoms with Crippen LogP contribution < -0.4 is 0 Å². The van der Waals surface area contributed by atoms with Crippen LogP contribution in [0, 0.1) is 6.92 Å². The number of esters is 3. The molecule has 9 nitrogen and oxygen atoms in total. The van der Waals surface area contributed by atoms with E-state index in [4.69, 9.17) is 35.3 Å². The Morgan fingerprint density at radius 3 is 2.28 bits per heavy atom. The molecule has 32 heavy (non-hydrogen) atoms. The van der Waals surface area contributed by atoms with Gasteiger partial charge >= 0.3 is 17.9 Å². The fourth-order valence-corrected chi connectivity index (χ4v) is 3.83. The Morgan fingerprint density at radius 1 is 1.09 bits per heavy atom. The van der Waals surface area contributed by atoms with E-state index in [9.17, 15) is 19.2 Å². The van der Waals surface area contributed by atoms with Crippen LogP contribution in [0.5, 0.6) is 0 Å². The summed E-state index contributed by atoms with van der Waals surface area (Å²) in [6.07, 6.45) is -2.86. The number of hydrogen-bond donors (Lipinski definition) is 0. The average molecular weight is 471 g/mol. The molecule has 0 N–H and O–H groups in total. The number of carbonyl (C=O) groups is 4. The number of benzene rings is 1. The van der Waals surface area contributed by atoms with Gasteiger partial charge in [-0.3, -0.25) is 19.2 Å². The fourth-order valence-electron chi connectivity index (χ4n) is 3.68. The lowest BCUT2D eigenvalue weighted by atomic mass is 9.87. The summed E-state index contributed by atoms with van der Waals surface area (Å²) in [5.41, 5.74) is 1.36. The van der Waals surface area contributed by atoms with Crippen LogP contribution >= 0.6 is 11.6 Å². The number of carbonyl (C=O) groups excluding carboxylic acids is 4. The molecule has 1 heterocycles. The van der Waals surface area contributed by atoms with Gasteiger partial charge in [-0.1, -0.05) is 12.1 Å². The Balaban J connectivity index is 2.64. The van der Waals surface area contributed by atoms with Crippen LogP contribution in [0.3, 0.4) is 0 Å². The van der Waals surface area contributed by atoms with Crippen molar-refractivity contribution in [3.8, 4) is 0 Å². The van der Waals surface area contributed by atoms with Crippen molar-refractivity contribution in [2.75, 3.05) is 19.6 Å². The maximum Gasteiger partial charge on any atom is 0.303 e. The third kappa shape index (κ3) is 5.85. The van der Waals surface area contributed by atoms with Gasteiger partial charge in [-0.25, -0.2) is 0 Å². The minimum Gasteiger partial charge on any atom is -0.463 e. The van der Waals surface area contributed by atoms with Crippen LogP contribution in [0.2, 0.25) is 0 Å². The highest BCUT2D eigenvalue weighted by Crippen LogP contribution is 2.42. The standard InChI is InChI=1S/C22H27ClO9/c1-12-6-7-16(8-18(12)19(27)10-23)22(28-5)21(31-15(4)26)20(30-14(3)25)9-17(32-22)11-29-13(2)24/h6-8,17,20-21H,9-11H2,1-5H3/t17-,20-,21+,22?/m0/s1. The molecule has 4 atom stereocenters. The van der Waals surface area contributed by atoms with Crippen molar-refractivity contribution in [3.05, 3.63) is 34.9 Å². The average Bonchev–Trinajstić information content (AvgIpc) is 2.72. The molecule has 10 heteroatoms. The zero-order valence-corrected chi connectivity index (χ0v) is 19.4. The van der Waals surface area contributed by atoms with E-state index >= 15 is 0 Å². The minimum atomic E-state index is -1.76. The van der Waals surface area contributed by atoms with Crippen LogP contribution in [0.4, 0.5) is 0 Å². The molecule has 1 aliphatic heterocycles. The van der Waals surface area contributed by atoms with Gasteiger partial charge < -0.3 is 23.7 Å². The summed E-state index contributed by atoms with van der Waals surface area (Å²) in [5.74, 6) is -4.08. The molecular formula is C22H27ClO9. The normalized spacial score (nSPS) is 25.0. The first-order valence-corrected chi connectivity index (χ1v) is 10.5. The number of Topliss-reactive ketones (excluding diaryl/α,β-unsaturated/α-hetero) is 1. The highest BCUT2D eigenvalue weighted by molar-refractivity contribution is 6.30. The van der Waals surface area contributed by atoms with Crippen molar-refractivity contribution in [2.24, 2.45) is 0 Å². The Bertz CT molecular complexity index is 884. The summed E-state index contributed by atoms with van der Waals surface area (Å²) in [6.45, 7) is 5.28. The van der Waals surface area contributed by atoms with Crippen LogP contribution in [0.15, 0.2) is 18.2 Å². The second-order valence-electron chi connectivity index (χ2n) is 7.41. The lowest BCUT2D eigenvalue weighted by molar-refractivity contribution is -0.346. The summed E-state index contributed by atoms with van der Waals surface area (Å²) < 4.78 is 28.0. The van der Waals surface area contributed by atoms with Crippen LogP contribution in [0.25, 0.3) is 0 Å². The van der Waals surface area contributed by atoms with E-state index in [-0.39, 0.29) is 24.7 Å². The number of halogens is 1. The zero-order valence-electron chi connectivity index (χ0n) is 18.6. The third-order valence-electron chi connectivity index (χ3n) is 5.00. The van der Waals surface area contributed by atoms with Crippen LogP contribution in [-0.4, -0.2) is 61.6 Å². The summed E-state index contributed by atoms with van der Waals surface area (Å²) >= 11 is 5.75. The summed E-state index contributed by atoms with van der Waals surface area (Å²) in [4.78, 5) is 47.4. The van der Waals surface area contributed by atoms with Crippen LogP contribution in [0.1, 0.15) is 48.7 Å². The van der Waals surface area contributed by atoms with Crippen molar-refractivity contribution in [1.29, 1.82) is 0 Å². The molecule has 1 aromatic rings. The number of alkyl halides is 1. The van der Waals surface area contributed by atoms with Gasteiger partial charge in [0.2, 0.25) is 5.79 Å². The lowest BCUT2D eigenvalue weighted by Gasteiger charge is -2.47. The van der Waals surface area contributed by atoms with E-state index in [1.54, 1.807) is 25.1 Å². The van der Waals surface area contributed by atoms with Gasteiger partial charge in [-0.15, -0.1) is 11.6 Å². The molecule has 1 saturated heterocycles. The third-order valence-corrected chi connectivity index (χ3v) is 5.24. The molecular weight excluding hydrogens is 444 g/mol. The first-order valence-electron chi connectivity index (χ1n) is 9.95. The molecule has 1 fully saturated rings. The molecule has 0 aromatic heterocycles. The maximum atomic E-state index is 12.3. The number of methoxy groups -OCH3 is 1. The molecule has 1 aromatic carbocycles. The smallest absolute Gasteiger partial charge is 0.303 e. The Kier molecular flexibility index (Phi) is 8.77. The fraction of sp³-hybridized carbons (Fsp3) is 0.545. The van der Waals surface area contributed by atoms with Gasteiger partial charge in [0.1, 0.15) is 12.7 Å². The Labute approximate surface area is 191 Å². The van der Waals surface area contributed by atoms with Crippen molar-refractivity contribution in [2.45, 2.75) is 58.2 Å². The predicted octanol–water partition coefficient (Wildman–Crippen LogP) is 2.43. The molecule has 1 unspecified atom stereocenters. The molecule has 0 spiro atoms. The number of aryl methyl sites for hydroxylation is 1. The zero-order chi connectivity index (χ0) is 24.1. The minimum absolute atomic E-state index is 0.0786. The second kappa shape index (κ2) is 10.9. The first kappa shape index (κ1) is 25.8. The molecule has 0 amide bonds. The number of ether oxygens (including phenoxy) is 5. The quantitative estimate of drug-likeness (QED) is 0.244. The van der Waals surface area contributed by atoms with Gasteiger partial charge in [0.15, 0.2) is 11.9 Å². The largest absolute Gasteiger partial charge is 0.463 e. The Hall–Kier alpha value is -2.49. The van der Waals surface area contributed by atoms with E-state index in [2.05, 4.69) is 0 Å². The van der Waals surface area contributed by atoms with Crippen molar-refractivity contribution in [3.63, 3.8) is 0 Å². The molecule has 176 valence electrons. The molecule has 0 aliphatic carbocycles. The number of ketones is 1. The van der Waals surface area contributed by atoms with Gasteiger partial charge in [-0.2, -0.15) is 0 Å². The SMILES string of the molecule is COC1(c2ccc(C)c(C(=O)CCl)c2)O[C@H](COC(C)=O)C[C@H](OC(C)=O)[C@H]1OC(C)=O. The van der Waals surface area contributed by atoms with E-state index in [1.807, 2.05) is 0 Å².